The first kappa shape index (κ1) is 24.7. The standard InChI is InChI=1S/C26H22Cl2N2O4S/c1-15-11-21(13-23(27)25(15)33-19-7-3-17(29)4-8-19)35(31,32)22-12-16(2)26(24(28)14-22)34-20-9-5-18(30)6-10-20/h3-14H,29-30H2,1-2H3. The molecule has 0 amide bonds. The van der Waals surface area contributed by atoms with E-state index in [9.17, 15) is 8.42 Å². The van der Waals surface area contributed by atoms with Gasteiger partial charge in [-0.05, 0) is 97.8 Å². The van der Waals surface area contributed by atoms with E-state index in [2.05, 4.69) is 0 Å². The van der Waals surface area contributed by atoms with Crippen molar-refractivity contribution in [1.82, 2.24) is 0 Å². The Hall–Kier alpha value is -3.39. The second-order valence-corrected chi connectivity index (χ2v) is 10.7. The lowest BCUT2D eigenvalue weighted by atomic mass is 10.2. The van der Waals surface area contributed by atoms with Gasteiger partial charge in [0.05, 0.1) is 19.8 Å². The Bertz CT molecular complexity index is 1350. The Morgan fingerprint density at radius 3 is 1.29 bits per heavy atom. The van der Waals surface area contributed by atoms with Crippen LogP contribution < -0.4 is 20.9 Å². The van der Waals surface area contributed by atoms with E-state index in [0.717, 1.165) is 0 Å². The molecule has 0 atom stereocenters. The van der Waals surface area contributed by atoms with Crippen LogP contribution in [0, 0.1) is 13.8 Å². The minimum Gasteiger partial charge on any atom is -0.456 e. The molecular weight excluding hydrogens is 507 g/mol. The smallest absolute Gasteiger partial charge is 0.206 e. The maximum absolute atomic E-state index is 13.4. The van der Waals surface area contributed by atoms with Crippen molar-refractivity contribution >= 4 is 44.4 Å². The van der Waals surface area contributed by atoms with Crippen molar-refractivity contribution < 1.29 is 17.9 Å². The fourth-order valence-electron chi connectivity index (χ4n) is 3.41. The molecule has 0 fully saturated rings. The minimum absolute atomic E-state index is 0.0207. The van der Waals surface area contributed by atoms with Crippen LogP contribution in [0.1, 0.15) is 11.1 Å². The minimum atomic E-state index is -3.93. The van der Waals surface area contributed by atoms with Crippen LogP contribution in [0.3, 0.4) is 0 Å². The fourth-order valence-corrected chi connectivity index (χ4v) is 5.63. The van der Waals surface area contributed by atoms with Crippen LogP contribution in [0.25, 0.3) is 0 Å². The summed E-state index contributed by atoms with van der Waals surface area (Å²) in [6, 6.07) is 19.3. The number of halogens is 2. The predicted molar refractivity (Wildman–Crippen MR) is 140 cm³/mol. The van der Waals surface area contributed by atoms with Crippen molar-refractivity contribution in [3.8, 4) is 23.0 Å². The number of hydrogen-bond acceptors (Lipinski definition) is 6. The monoisotopic (exact) mass is 528 g/mol. The van der Waals surface area contributed by atoms with Gasteiger partial charge in [0.25, 0.3) is 0 Å². The number of sulfone groups is 1. The number of nitrogens with two attached hydrogens (primary N) is 2. The van der Waals surface area contributed by atoms with Gasteiger partial charge in [-0.15, -0.1) is 0 Å². The second-order valence-electron chi connectivity index (χ2n) is 7.95. The van der Waals surface area contributed by atoms with Gasteiger partial charge in [0.15, 0.2) is 0 Å². The largest absolute Gasteiger partial charge is 0.456 e. The Kier molecular flexibility index (Phi) is 6.85. The SMILES string of the molecule is Cc1cc(S(=O)(=O)c2cc(C)c(Oc3ccc(N)cc3)c(Cl)c2)cc(Cl)c1Oc1ccc(N)cc1. The number of nitrogen functional groups attached to an aromatic ring is 2. The lowest BCUT2D eigenvalue weighted by molar-refractivity contribution is 0.478. The highest BCUT2D eigenvalue weighted by atomic mass is 35.5. The van der Waals surface area contributed by atoms with Crippen molar-refractivity contribution in [2.45, 2.75) is 23.6 Å². The number of benzene rings is 4. The zero-order valence-electron chi connectivity index (χ0n) is 18.9. The first-order chi connectivity index (χ1) is 16.5. The van der Waals surface area contributed by atoms with Gasteiger partial charge in [0.1, 0.15) is 23.0 Å². The Labute approximate surface area is 213 Å². The lowest BCUT2D eigenvalue weighted by Gasteiger charge is -2.15. The molecule has 0 radical (unpaired) electrons. The molecule has 4 rings (SSSR count). The first-order valence-corrected chi connectivity index (χ1v) is 12.7. The van der Waals surface area contributed by atoms with E-state index < -0.39 is 9.84 Å². The Morgan fingerprint density at radius 2 is 0.971 bits per heavy atom. The molecule has 0 aliphatic rings. The predicted octanol–water partition coefficient (Wildman–Crippen LogP) is 7.19. The van der Waals surface area contributed by atoms with E-state index in [0.29, 0.717) is 45.5 Å². The van der Waals surface area contributed by atoms with Crippen LogP contribution in [0.15, 0.2) is 82.6 Å². The topological polar surface area (TPSA) is 105 Å². The summed E-state index contributed by atoms with van der Waals surface area (Å²) in [7, 11) is -3.93. The van der Waals surface area contributed by atoms with Gasteiger partial charge in [0, 0.05) is 11.4 Å². The molecule has 0 unspecified atom stereocenters. The zero-order chi connectivity index (χ0) is 25.3. The fraction of sp³-hybridized carbons (Fsp3) is 0.0769. The summed E-state index contributed by atoms with van der Waals surface area (Å²) in [5.41, 5.74) is 13.7. The summed E-state index contributed by atoms with van der Waals surface area (Å²) in [5, 5.41) is 0.318. The quantitative estimate of drug-likeness (QED) is 0.256. The van der Waals surface area contributed by atoms with E-state index in [1.54, 1.807) is 62.4 Å². The highest BCUT2D eigenvalue weighted by Crippen LogP contribution is 2.39. The number of aryl methyl sites for hydroxylation is 2. The molecule has 0 saturated heterocycles. The summed E-state index contributed by atoms with van der Waals surface area (Å²) in [6.45, 7) is 3.44. The molecule has 6 nitrogen and oxygen atoms in total. The van der Waals surface area contributed by atoms with Gasteiger partial charge in [-0.25, -0.2) is 8.42 Å². The molecule has 0 aliphatic carbocycles. The molecule has 0 spiro atoms. The molecular formula is C26H22Cl2N2O4S. The summed E-state index contributed by atoms with van der Waals surface area (Å²) >= 11 is 12.9. The average molecular weight is 529 g/mol. The Balaban J connectivity index is 1.66. The van der Waals surface area contributed by atoms with Gasteiger partial charge >= 0.3 is 0 Å². The zero-order valence-corrected chi connectivity index (χ0v) is 21.2. The number of anilines is 2. The average Bonchev–Trinajstić information content (AvgIpc) is 2.80. The van der Waals surface area contributed by atoms with Crippen LogP contribution in [-0.2, 0) is 9.84 Å². The molecule has 4 aromatic rings. The van der Waals surface area contributed by atoms with E-state index >= 15 is 0 Å². The molecule has 0 bridgehead atoms. The van der Waals surface area contributed by atoms with Crippen molar-refractivity contribution in [3.63, 3.8) is 0 Å². The molecule has 180 valence electrons. The lowest BCUT2D eigenvalue weighted by Crippen LogP contribution is -2.04. The first-order valence-electron chi connectivity index (χ1n) is 10.5. The van der Waals surface area contributed by atoms with E-state index in [1.165, 1.54) is 24.3 Å². The molecule has 9 heteroatoms. The van der Waals surface area contributed by atoms with E-state index in [4.69, 9.17) is 44.1 Å². The summed E-state index contributed by atoms with van der Waals surface area (Å²) in [4.78, 5) is 0.0413. The van der Waals surface area contributed by atoms with Crippen molar-refractivity contribution in [2.75, 3.05) is 11.5 Å². The summed E-state index contributed by atoms with van der Waals surface area (Å²) < 4.78 is 38.6. The van der Waals surface area contributed by atoms with E-state index in [1.807, 2.05) is 0 Å². The molecule has 0 saturated carbocycles. The van der Waals surface area contributed by atoms with Crippen LogP contribution >= 0.6 is 23.2 Å². The summed E-state index contributed by atoms with van der Waals surface area (Å²) in [6.07, 6.45) is 0. The van der Waals surface area contributed by atoms with Crippen LogP contribution in [0.2, 0.25) is 10.0 Å². The number of rotatable bonds is 6. The van der Waals surface area contributed by atoms with Crippen LogP contribution in [-0.4, -0.2) is 8.42 Å². The Morgan fingerprint density at radius 1 is 0.629 bits per heavy atom. The van der Waals surface area contributed by atoms with Crippen molar-refractivity contribution in [2.24, 2.45) is 0 Å². The van der Waals surface area contributed by atoms with Gasteiger partial charge in [-0.1, -0.05) is 23.2 Å². The third-order valence-electron chi connectivity index (χ3n) is 5.23. The number of ether oxygens (including phenoxy) is 2. The van der Waals surface area contributed by atoms with Gasteiger partial charge in [0.2, 0.25) is 9.84 Å². The number of hydrogen-bond donors (Lipinski definition) is 2. The van der Waals surface area contributed by atoms with Gasteiger partial charge in [-0.3, -0.25) is 0 Å². The normalized spacial score (nSPS) is 11.3. The molecule has 4 N–H and O–H groups in total. The van der Waals surface area contributed by atoms with Gasteiger partial charge in [-0.2, -0.15) is 0 Å². The molecule has 0 aliphatic heterocycles. The molecule has 4 aromatic carbocycles. The van der Waals surface area contributed by atoms with Crippen molar-refractivity contribution in [3.05, 3.63) is 94.0 Å². The highest BCUT2D eigenvalue weighted by Gasteiger charge is 2.24. The molecule has 35 heavy (non-hydrogen) atoms. The highest BCUT2D eigenvalue weighted by molar-refractivity contribution is 7.91. The van der Waals surface area contributed by atoms with Crippen LogP contribution in [0.4, 0.5) is 11.4 Å². The second kappa shape index (κ2) is 9.70. The van der Waals surface area contributed by atoms with Crippen molar-refractivity contribution in [1.29, 1.82) is 0 Å². The van der Waals surface area contributed by atoms with E-state index in [-0.39, 0.29) is 19.8 Å². The third kappa shape index (κ3) is 5.32. The third-order valence-corrected chi connectivity index (χ3v) is 7.50. The van der Waals surface area contributed by atoms with Gasteiger partial charge < -0.3 is 20.9 Å². The molecule has 0 heterocycles. The molecule has 0 aromatic heterocycles. The maximum Gasteiger partial charge on any atom is 0.206 e. The maximum atomic E-state index is 13.4. The summed E-state index contributed by atoms with van der Waals surface area (Å²) in [5.74, 6) is 1.77. The van der Waals surface area contributed by atoms with Crippen LogP contribution in [0.5, 0.6) is 23.0 Å².